The molecule has 1 heteroatoms. The van der Waals surface area contributed by atoms with Gasteiger partial charge < -0.3 is 5.11 Å². The van der Waals surface area contributed by atoms with Crippen LogP contribution >= 0.6 is 0 Å². The molecule has 0 aliphatic carbocycles. The molecule has 0 saturated heterocycles. The summed E-state index contributed by atoms with van der Waals surface area (Å²) in [4.78, 5) is 0. The molecular formula is C11H18O. The lowest BCUT2D eigenvalue weighted by molar-refractivity contribution is 0.236. The SMILES string of the molecule is C#C[C@H](O)CC=CCCCCC. The Balaban J connectivity index is 3.21. The minimum atomic E-state index is -0.604. The van der Waals surface area contributed by atoms with Gasteiger partial charge in [0.1, 0.15) is 6.10 Å². The summed E-state index contributed by atoms with van der Waals surface area (Å²) in [6, 6.07) is 0. The van der Waals surface area contributed by atoms with Crippen molar-refractivity contribution in [1.82, 2.24) is 0 Å². The zero-order valence-electron chi connectivity index (χ0n) is 7.79. The Labute approximate surface area is 75.5 Å². The molecule has 0 aliphatic rings. The second kappa shape index (κ2) is 8.36. The van der Waals surface area contributed by atoms with E-state index in [1.165, 1.54) is 19.3 Å². The lowest BCUT2D eigenvalue weighted by Crippen LogP contribution is -1.98. The molecule has 1 N–H and O–H groups in total. The predicted octanol–water partition coefficient (Wildman–Crippen LogP) is 2.51. The average Bonchev–Trinajstić information content (AvgIpc) is 2.10. The molecule has 12 heavy (non-hydrogen) atoms. The molecule has 0 heterocycles. The van der Waals surface area contributed by atoms with Gasteiger partial charge in [0.2, 0.25) is 0 Å². The number of aliphatic hydroxyl groups is 1. The molecule has 1 nitrogen and oxygen atoms in total. The molecule has 0 aromatic heterocycles. The van der Waals surface area contributed by atoms with Gasteiger partial charge in [0.15, 0.2) is 0 Å². The Bertz CT molecular complexity index is 153. The average molecular weight is 166 g/mol. The standard InChI is InChI=1S/C11H18O/c1-3-5-6-7-8-9-10-11(12)4-2/h2,8-9,11-12H,3,5-7,10H2,1H3/t11-/m0/s1. The Morgan fingerprint density at radius 3 is 2.75 bits per heavy atom. The third-order valence-corrected chi connectivity index (χ3v) is 1.69. The zero-order valence-corrected chi connectivity index (χ0v) is 7.79. The van der Waals surface area contributed by atoms with Gasteiger partial charge >= 0.3 is 0 Å². The van der Waals surface area contributed by atoms with Crippen molar-refractivity contribution in [3.05, 3.63) is 12.2 Å². The number of unbranched alkanes of at least 4 members (excludes halogenated alkanes) is 3. The molecule has 0 bridgehead atoms. The van der Waals surface area contributed by atoms with Gasteiger partial charge in [-0.3, -0.25) is 0 Å². The lowest BCUT2D eigenvalue weighted by atomic mass is 10.2. The van der Waals surface area contributed by atoms with Crippen molar-refractivity contribution in [2.75, 3.05) is 0 Å². The van der Waals surface area contributed by atoms with Gasteiger partial charge in [-0.1, -0.05) is 37.8 Å². The fourth-order valence-corrected chi connectivity index (χ4v) is 0.923. The summed E-state index contributed by atoms with van der Waals surface area (Å²) in [6.07, 6.45) is 13.9. The molecule has 0 fully saturated rings. The van der Waals surface area contributed by atoms with Gasteiger partial charge in [-0.2, -0.15) is 0 Å². The highest BCUT2D eigenvalue weighted by Crippen LogP contribution is 2.00. The zero-order chi connectivity index (χ0) is 9.23. The monoisotopic (exact) mass is 166 g/mol. The maximum atomic E-state index is 8.97. The first-order chi connectivity index (χ1) is 5.81. The molecule has 1 atom stereocenters. The Morgan fingerprint density at radius 2 is 2.17 bits per heavy atom. The van der Waals surface area contributed by atoms with Crippen molar-refractivity contribution in [3.63, 3.8) is 0 Å². The van der Waals surface area contributed by atoms with Gasteiger partial charge in [0.05, 0.1) is 0 Å². The number of rotatable bonds is 6. The summed E-state index contributed by atoms with van der Waals surface area (Å²) in [5.74, 6) is 2.27. The molecule has 0 spiro atoms. The third-order valence-electron chi connectivity index (χ3n) is 1.69. The highest BCUT2D eigenvalue weighted by Gasteiger charge is 1.91. The van der Waals surface area contributed by atoms with E-state index < -0.39 is 6.10 Å². The van der Waals surface area contributed by atoms with Crippen LogP contribution in [0.1, 0.15) is 39.0 Å². The van der Waals surface area contributed by atoms with Crippen molar-refractivity contribution >= 4 is 0 Å². The quantitative estimate of drug-likeness (QED) is 0.365. The van der Waals surface area contributed by atoms with Crippen LogP contribution in [0.4, 0.5) is 0 Å². The van der Waals surface area contributed by atoms with Crippen LogP contribution in [0, 0.1) is 12.3 Å². The predicted molar refractivity (Wildman–Crippen MR) is 52.7 cm³/mol. The van der Waals surface area contributed by atoms with Crippen LogP contribution < -0.4 is 0 Å². The molecule has 68 valence electrons. The number of allylic oxidation sites excluding steroid dienone is 1. The van der Waals surface area contributed by atoms with Crippen LogP contribution in [-0.2, 0) is 0 Å². The summed E-state index contributed by atoms with van der Waals surface area (Å²) >= 11 is 0. The molecule has 0 amide bonds. The van der Waals surface area contributed by atoms with E-state index in [2.05, 4.69) is 18.9 Å². The van der Waals surface area contributed by atoms with Crippen LogP contribution in [-0.4, -0.2) is 11.2 Å². The third kappa shape index (κ3) is 7.37. The van der Waals surface area contributed by atoms with Crippen molar-refractivity contribution in [1.29, 1.82) is 0 Å². The van der Waals surface area contributed by atoms with Gasteiger partial charge in [-0.25, -0.2) is 0 Å². The number of terminal acetylenes is 1. The largest absolute Gasteiger partial charge is 0.380 e. The maximum absolute atomic E-state index is 8.97. The topological polar surface area (TPSA) is 20.2 Å². The van der Waals surface area contributed by atoms with Crippen LogP contribution in [0.3, 0.4) is 0 Å². The van der Waals surface area contributed by atoms with Crippen molar-refractivity contribution < 1.29 is 5.11 Å². The minimum Gasteiger partial charge on any atom is -0.380 e. The van der Waals surface area contributed by atoms with E-state index in [0.717, 1.165) is 6.42 Å². The highest BCUT2D eigenvalue weighted by molar-refractivity contribution is 4.98. The molecule has 0 aromatic carbocycles. The Kier molecular flexibility index (Phi) is 7.84. The first-order valence-electron chi connectivity index (χ1n) is 4.60. The van der Waals surface area contributed by atoms with Gasteiger partial charge in [0, 0.05) is 6.42 Å². The second-order valence-electron chi connectivity index (χ2n) is 2.89. The first-order valence-corrected chi connectivity index (χ1v) is 4.60. The minimum absolute atomic E-state index is 0.586. The van der Waals surface area contributed by atoms with Crippen molar-refractivity contribution in [2.45, 2.75) is 45.1 Å². The summed E-state index contributed by atoms with van der Waals surface area (Å²) in [5.41, 5.74) is 0. The summed E-state index contributed by atoms with van der Waals surface area (Å²) in [6.45, 7) is 2.19. The second-order valence-corrected chi connectivity index (χ2v) is 2.89. The smallest absolute Gasteiger partial charge is 0.117 e. The van der Waals surface area contributed by atoms with Gasteiger partial charge in [-0.05, 0) is 12.8 Å². The van der Waals surface area contributed by atoms with Crippen LogP contribution in [0.2, 0.25) is 0 Å². The van der Waals surface area contributed by atoms with E-state index >= 15 is 0 Å². The van der Waals surface area contributed by atoms with Crippen molar-refractivity contribution in [2.24, 2.45) is 0 Å². The van der Waals surface area contributed by atoms with Gasteiger partial charge in [0.25, 0.3) is 0 Å². The van der Waals surface area contributed by atoms with Gasteiger partial charge in [-0.15, -0.1) is 6.42 Å². The van der Waals surface area contributed by atoms with E-state index in [1.807, 2.05) is 6.08 Å². The molecular weight excluding hydrogens is 148 g/mol. The molecule has 0 unspecified atom stereocenters. The van der Waals surface area contributed by atoms with E-state index in [0.29, 0.717) is 6.42 Å². The van der Waals surface area contributed by atoms with E-state index in [1.54, 1.807) is 0 Å². The van der Waals surface area contributed by atoms with Crippen LogP contribution in [0.5, 0.6) is 0 Å². The highest BCUT2D eigenvalue weighted by atomic mass is 16.3. The van der Waals surface area contributed by atoms with Crippen LogP contribution in [0.15, 0.2) is 12.2 Å². The number of hydrogen-bond acceptors (Lipinski definition) is 1. The molecule has 0 rings (SSSR count). The van der Waals surface area contributed by atoms with Crippen molar-refractivity contribution in [3.8, 4) is 12.3 Å². The lowest BCUT2D eigenvalue weighted by Gasteiger charge is -1.96. The van der Waals surface area contributed by atoms with E-state index in [-0.39, 0.29) is 0 Å². The number of hydrogen-bond donors (Lipinski definition) is 1. The Morgan fingerprint density at radius 1 is 1.42 bits per heavy atom. The molecule has 0 saturated carbocycles. The first kappa shape index (κ1) is 11.3. The summed E-state index contributed by atoms with van der Waals surface area (Å²) in [7, 11) is 0. The van der Waals surface area contributed by atoms with E-state index in [9.17, 15) is 0 Å². The van der Waals surface area contributed by atoms with E-state index in [4.69, 9.17) is 11.5 Å². The maximum Gasteiger partial charge on any atom is 0.117 e. The normalized spacial score (nSPS) is 13.1. The fraction of sp³-hybridized carbons (Fsp3) is 0.636. The van der Waals surface area contributed by atoms with Crippen LogP contribution in [0.25, 0.3) is 0 Å². The molecule has 0 aromatic rings. The molecule has 0 aliphatic heterocycles. The number of aliphatic hydroxyl groups excluding tert-OH is 1. The fourth-order valence-electron chi connectivity index (χ4n) is 0.923. The molecule has 0 radical (unpaired) electrons. The summed E-state index contributed by atoms with van der Waals surface area (Å²) in [5, 5.41) is 8.97. The summed E-state index contributed by atoms with van der Waals surface area (Å²) < 4.78 is 0. The Hall–Kier alpha value is -0.740.